The number of amides is 1. The molecule has 0 bridgehead atoms. The van der Waals surface area contributed by atoms with Crippen LogP contribution in [-0.4, -0.2) is 59.5 Å². The molecule has 0 aromatic heterocycles. The lowest BCUT2D eigenvalue weighted by Gasteiger charge is -2.24. The first-order chi connectivity index (χ1) is 16.1. The van der Waals surface area contributed by atoms with Crippen LogP contribution in [0.2, 0.25) is 0 Å². The van der Waals surface area contributed by atoms with Gasteiger partial charge in [0.15, 0.2) is 0 Å². The number of hydrogen-bond donors (Lipinski definition) is 1. The van der Waals surface area contributed by atoms with E-state index in [2.05, 4.69) is 5.32 Å². The molecule has 1 aliphatic heterocycles. The van der Waals surface area contributed by atoms with Gasteiger partial charge in [0, 0.05) is 18.8 Å². The van der Waals surface area contributed by atoms with Crippen LogP contribution in [0, 0.1) is 0 Å². The third-order valence-electron chi connectivity index (χ3n) is 5.46. The maximum absolute atomic E-state index is 12.9. The van der Waals surface area contributed by atoms with Crippen molar-refractivity contribution in [3.8, 4) is 5.75 Å². The van der Waals surface area contributed by atoms with Gasteiger partial charge in [-0.1, -0.05) is 25.0 Å². The van der Waals surface area contributed by atoms with Crippen molar-refractivity contribution in [1.29, 1.82) is 0 Å². The Labute approximate surface area is 201 Å². The van der Waals surface area contributed by atoms with Crippen molar-refractivity contribution in [3.63, 3.8) is 0 Å². The number of rotatable bonds is 9. The van der Waals surface area contributed by atoms with Gasteiger partial charge in [-0.25, -0.2) is 16.8 Å². The number of ether oxygens (including phenoxy) is 1. The van der Waals surface area contributed by atoms with E-state index in [1.165, 1.54) is 28.6 Å². The number of carbonyl (C=O) groups excluding carboxylic acids is 1. The largest absolute Gasteiger partial charge is 0.492 e. The molecule has 0 aliphatic carbocycles. The van der Waals surface area contributed by atoms with Crippen molar-refractivity contribution in [2.75, 3.05) is 42.1 Å². The summed E-state index contributed by atoms with van der Waals surface area (Å²) in [6, 6.07) is 12.5. The van der Waals surface area contributed by atoms with Gasteiger partial charge in [-0.05, 0) is 56.2 Å². The quantitative estimate of drug-likeness (QED) is 0.556. The second kappa shape index (κ2) is 11.2. The second-order valence-electron chi connectivity index (χ2n) is 8.06. The number of carbonyl (C=O) groups is 1. The van der Waals surface area contributed by atoms with E-state index in [4.69, 9.17) is 4.74 Å². The number of nitrogens with zero attached hydrogens (tertiary/aromatic N) is 2. The van der Waals surface area contributed by atoms with Crippen molar-refractivity contribution < 1.29 is 26.4 Å². The van der Waals surface area contributed by atoms with Crippen LogP contribution in [-0.2, 0) is 24.8 Å². The number of sulfonamides is 2. The summed E-state index contributed by atoms with van der Waals surface area (Å²) in [5.74, 6) is -0.217. The minimum absolute atomic E-state index is 0.163. The van der Waals surface area contributed by atoms with E-state index in [1.807, 2.05) is 0 Å². The summed E-state index contributed by atoms with van der Waals surface area (Å²) in [4.78, 5) is 12.9. The van der Waals surface area contributed by atoms with Crippen molar-refractivity contribution in [1.82, 2.24) is 4.31 Å². The topological polar surface area (TPSA) is 113 Å². The van der Waals surface area contributed by atoms with Crippen LogP contribution in [0.15, 0.2) is 53.4 Å². The molecule has 3 rings (SSSR count). The van der Waals surface area contributed by atoms with Gasteiger partial charge in [0.1, 0.15) is 12.3 Å². The smallest absolute Gasteiger partial charge is 0.245 e. The fourth-order valence-electron chi connectivity index (χ4n) is 3.79. The number of anilines is 2. The van der Waals surface area contributed by atoms with Crippen LogP contribution >= 0.6 is 0 Å². The summed E-state index contributed by atoms with van der Waals surface area (Å²) in [5, 5.41) is 2.64. The van der Waals surface area contributed by atoms with Crippen LogP contribution in [0.3, 0.4) is 0 Å². The van der Waals surface area contributed by atoms with E-state index in [9.17, 15) is 21.6 Å². The van der Waals surface area contributed by atoms with E-state index < -0.39 is 32.5 Å². The molecule has 1 fully saturated rings. The zero-order chi connectivity index (χ0) is 24.8. The standard InChI is InChI=1S/C23H31N3O6S2/c1-3-32-22-11-7-6-10-21(22)26(33(2,28)29)18-23(27)24-19-12-14-20(15-13-19)34(30,31)25-16-8-4-5-9-17-25/h6-7,10-15H,3-5,8-9,16-18H2,1-2H3,(H,24,27). The molecule has 0 radical (unpaired) electrons. The molecule has 0 spiro atoms. The Hall–Kier alpha value is -2.63. The van der Waals surface area contributed by atoms with E-state index in [0.29, 0.717) is 31.1 Å². The van der Waals surface area contributed by atoms with Gasteiger partial charge in [-0.3, -0.25) is 9.10 Å². The molecule has 11 heteroatoms. The maximum atomic E-state index is 12.9. The maximum Gasteiger partial charge on any atom is 0.245 e. The first-order valence-corrected chi connectivity index (χ1v) is 14.5. The SMILES string of the molecule is CCOc1ccccc1N(CC(=O)Nc1ccc(S(=O)(=O)N2CCCCCC2)cc1)S(C)(=O)=O. The fraction of sp³-hybridized carbons (Fsp3) is 0.435. The van der Waals surface area contributed by atoms with Gasteiger partial charge in [-0.15, -0.1) is 0 Å². The molecule has 34 heavy (non-hydrogen) atoms. The lowest BCUT2D eigenvalue weighted by molar-refractivity contribution is -0.114. The molecule has 1 aliphatic rings. The minimum atomic E-state index is -3.78. The molecule has 2 aromatic carbocycles. The van der Waals surface area contributed by atoms with Gasteiger partial charge in [-0.2, -0.15) is 4.31 Å². The third-order valence-corrected chi connectivity index (χ3v) is 8.50. The molecular formula is C23H31N3O6S2. The van der Waals surface area contributed by atoms with Gasteiger partial charge in [0.05, 0.1) is 23.4 Å². The monoisotopic (exact) mass is 509 g/mol. The highest BCUT2D eigenvalue weighted by atomic mass is 32.2. The van der Waals surface area contributed by atoms with Crippen molar-refractivity contribution in [2.45, 2.75) is 37.5 Å². The zero-order valence-corrected chi connectivity index (χ0v) is 21.1. The first kappa shape index (κ1) is 26.0. The lowest BCUT2D eigenvalue weighted by atomic mass is 10.2. The molecule has 1 N–H and O–H groups in total. The Morgan fingerprint density at radius 3 is 2.18 bits per heavy atom. The van der Waals surface area contributed by atoms with Crippen LogP contribution in [0.25, 0.3) is 0 Å². The molecule has 9 nitrogen and oxygen atoms in total. The van der Waals surface area contributed by atoms with Crippen LogP contribution in [0.4, 0.5) is 11.4 Å². The predicted octanol–water partition coefficient (Wildman–Crippen LogP) is 3.05. The van der Waals surface area contributed by atoms with Crippen molar-refractivity contribution >= 4 is 37.3 Å². The number of hydrogen-bond acceptors (Lipinski definition) is 6. The fourth-order valence-corrected chi connectivity index (χ4v) is 6.17. The average Bonchev–Trinajstić information content (AvgIpc) is 3.08. The van der Waals surface area contributed by atoms with Crippen molar-refractivity contribution in [3.05, 3.63) is 48.5 Å². The third kappa shape index (κ3) is 6.49. The van der Waals surface area contributed by atoms with Gasteiger partial charge >= 0.3 is 0 Å². The molecule has 1 heterocycles. The highest BCUT2D eigenvalue weighted by Gasteiger charge is 2.26. The predicted molar refractivity (Wildman–Crippen MR) is 132 cm³/mol. The van der Waals surface area contributed by atoms with E-state index in [-0.39, 0.29) is 10.6 Å². The zero-order valence-electron chi connectivity index (χ0n) is 19.4. The first-order valence-electron chi connectivity index (χ1n) is 11.2. The minimum Gasteiger partial charge on any atom is -0.492 e. The highest BCUT2D eigenvalue weighted by Crippen LogP contribution is 2.30. The Bertz CT molecular complexity index is 1190. The number of para-hydroxylation sites is 2. The van der Waals surface area contributed by atoms with Gasteiger partial charge < -0.3 is 10.1 Å². The summed E-state index contributed by atoms with van der Waals surface area (Å²) in [6.07, 6.45) is 4.76. The van der Waals surface area contributed by atoms with Crippen molar-refractivity contribution in [2.24, 2.45) is 0 Å². The Morgan fingerprint density at radius 2 is 1.59 bits per heavy atom. The Morgan fingerprint density at radius 1 is 0.971 bits per heavy atom. The molecule has 2 aromatic rings. The number of nitrogens with one attached hydrogen (secondary N) is 1. The Kier molecular flexibility index (Phi) is 8.56. The molecule has 1 saturated heterocycles. The summed E-state index contributed by atoms with van der Waals surface area (Å²) < 4.78 is 58.7. The Balaban J connectivity index is 1.73. The van der Waals surface area contributed by atoms with Gasteiger partial charge in [0.2, 0.25) is 26.0 Å². The molecule has 186 valence electrons. The lowest BCUT2D eigenvalue weighted by Crippen LogP contribution is -2.37. The molecule has 0 unspecified atom stereocenters. The van der Waals surface area contributed by atoms with Crippen LogP contribution in [0.1, 0.15) is 32.6 Å². The molecule has 1 amide bonds. The second-order valence-corrected chi connectivity index (χ2v) is 11.9. The molecule has 0 saturated carbocycles. The van der Waals surface area contributed by atoms with E-state index in [1.54, 1.807) is 31.2 Å². The normalized spacial score (nSPS) is 15.4. The van der Waals surface area contributed by atoms with Crippen LogP contribution < -0.4 is 14.4 Å². The summed E-state index contributed by atoms with van der Waals surface area (Å²) in [6.45, 7) is 2.67. The molecular weight excluding hydrogens is 478 g/mol. The highest BCUT2D eigenvalue weighted by molar-refractivity contribution is 7.92. The summed E-state index contributed by atoms with van der Waals surface area (Å²) in [5.41, 5.74) is 0.632. The van der Waals surface area contributed by atoms with Gasteiger partial charge in [0.25, 0.3) is 0 Å². The number of benzene rings is 2. The molecule has 0 atom stereocenters. The van der Waals surface area contributed by atoms with Crippen LogP contribution in [0.5, 0.6) is 5.75 Å². The van der Waals surface area contributed by atoms with E-state index in [0.717, 1.165) is 36.2 Å². The summed E-state index contributed by atoms with van der Waals surface area (Å²) in [7, 11) is -7.38. The summed E-state index contributed by atoms with van der Waals surface area (Å²) >= 11 is 0. The van der Waals surface area contributed by atoms with E-state index >= 15 is 0 Å². The average molecular weight is 510 g/mol.